The van der Waals surface area contributed by atoms with Crippen molar-refractivity contribution in [3.05, 3.63) is 82.5 Å². The molecule has 3 aromatic carbocycles. The van der Waals surface area contributed by atoms with Crippen molar-refractivity contribution in [2.45, 2.75) is 0 Å². The fourth-order valence-electron chi connectivity index (χ4n) is 2.80. The fraction of sp³-hybridized carbons (Fsp3) is 0. The smallest absolute Gasteiger partial charge is 0.0771 e. The molecule has 1 aliphatic heterocycles. The van der Waals surface area contributed by atoms with Gasteiger partial charge in [0.1, 0.15) is 0 Å². The molecular weight excluding hydrogens is 502 g/mol. The molecule has 0 saturated heterocycles. The molecule has 0 radical (unpaired) electrons. The zero-order chi connectivity index (χ0) is 16.9. The quantitative estimate of drug-likeness (QED) is 0.283. The number of hydrogen-bond donors (Lipinski definition) is 0. The molecule has 0 atom stereocenters. The van der Waals surface area contributed by atoms with Crippen molar-refractivity contribution in [3.63, 3.8) is 0 Å². The molecule has 0 bridgehead atoms. The number of rotatable bonds is 0. The van der Waals surface area contributed by atoms with Gasteiger partial charge in [0, 0.05) is 0 Å². The molecule has 0 aromatic heterocycles. The Balaban J connectivity index is 0.000000232. The third-order valence-electron chi connectivity index (χ3n) is 3.87. The van der Waals surface area contributed by atoms with Crippen LogP contribution in [0, 0.1) is 0 Å². The molecule has 2 aliphatic rings. The van der Waals surface area contributed by atoms with Gasteiger partial charge in [-0.05, 0) is 4.34 Å². The predicted molar refractivity (Wildman–Crippen MR) is 106 cm³/mol. The van der Waals surface area contributed by atoms with E-state index in [0.29, 0.717) is 0 Å². The van der Waals surface area contributed by atoms with Crippen molar-refractivity contribution >= 4 is 53.3 Å². The summed E-state index contributed by atoms with van der Waals surface area (Å²) < 4.78 is 0.898. The second kappa shape index (κ2) is 11.4. The van der Waals surface area contributed by atoms with Gasteiger partial charge in [-0.3, -0.25) is 0 Å². The summed E-state index contributed by atoms with van der Waals surface area (Å²) in [6, 6.07) is 25.4. The van der Waals surface area contributed by atoms with Crippen LogP contribution in [0.15, 0.2) is 78.2 Å². The van der Waals surface area contributed by atoms with E-state index in [0.717, 1.165) is 27.0 Å². The first-order chi connectivity index (χ1) is 11.8. The maximum Gasteiger partial charge on any atom is -0.0771 e. The Hall–Kier alpha value is -0.407. The van der Waals surface area contributed by atoms with Crippen LogP contribution in [0.3, 0.4) is 0 Å². The number of hydrogen-bond acceptors (Lipinski definition) is 2. The van der Waals surface area contributed by atoms with E-state index >= 15 is 0 Å². The summed E-state index contributed by atoms with van der Waals surface area (Å²) in [6.45, 7) is 0. The molecule has 0 saturated carbocycles. The second-order valence-electron chi connectivity index (χ2n) is 5.22. The Morgan fingerprint density at radius 2 is 1.31 bits per heavy atom. The van der Waals surface area contributed by atoms with E-state index in [1.54, 1.807) is 11.3 Å². The van der Waals surface area contributed by atoms with Gasteiger partial charge in [-0.25, -0.2) is 11.3 Å². The summed E-state index contributed by atoms with van der Waals surface area (Å²) >= 11 is 8.56. The fourth-order valence-corrected chi connectivity index (χ4v) is 3.85. The Labute approximate surface area is 192 Å². The van der Waals surface area contributed by atoms with Gasteiger partial charge in [-0.2, -0.15) is 0 Å². The van der Waals surface area contributed by atoms with Gasteiger partial charge < -0.3 is 24.8 Å². The molecule has 3 aromatic rings. The topological polar surface area (TPSA) is 0 Å². The van der Waals surface area contributed by atoms with E-state index < -0.39 is 0 Å². The minimum Gasteiger partial charge on any atom is -0.126 e. The standard InChI is InChI=1S/C13H9.C7H4ClS.2ClH.S.Zr/c1-3-7-12-10(5-1)9-11-6-2-4-8-13(11)12;8-7-6-3-1-2-5(6)4-9-7;;;;/h1-9H;1-4H;2*1H;;/q2*-1;;;;+2/p-2. The van der Waals surface area contributed by atoms with Crippen LogP contribution in [-0.2, 0) is 22.7 Å². The van der Waals surface area contributed by atoms with E-state index in [4.69, 9.17) is 11.6 Å². The summed E-state index contributed by atoms with van der Waals surface area (Å²) in [5, 5.41) is 7.46. The Morgan fingerprint density at radius 3 is 1.85 bits per heavy atom. The van der Waals surface area contributed by atoms with E-state index in [2.05, 4.69) is 74.9 Å². The van der Waals surface area contributed by atoms with Gasteiger partial charge >= 0.3 is 31.5 Å². The number of thiophene rings is 1. The van der Waals surface area contributed by atoms with Crippen LogP contribution >= 0.6 is 31.8 Å². The van der Waals surface area contributed by atoms with Gasteiger partial charge in [-0.1, -0.05) is 41.8 Å². The molecule has 6 heteroatoms. The first-order valence-corrected chi connectivity index (χ1v) is 12.0. The Bertz CT molecular complexity index is 981. The van der Waals surface area contributed by atoms with Crippen LogP contribution < -0.4 is 24.8 Å². The average molecular weight is 515 g/mol. The summed E-state index contributed by atoms with van der Waals surface area (Å²) in [5.74, 6) is 0. The van der Waals surface area contributed by atoms with Crippen molar-refractivity contribution in [1.82, 2.24) is 0 Å². The zero-order valence-electron chi connectivity index (χ0n) is 13.5. The molecule has 0 spiro atoms. The zero-order valence-corrected chi connectivity index (χ0v) is 19.8. The van der Waals surface area contributed by atoms with Gasteiger partial charge in [0.15, 0.2) is 0 Å². The second-order valence-corrected chi connectivity index (χ2v) is 6.70. The minimum atomic E-state index is 0. The molecule has 0 N–H and O–H groups in total. The normalized spacial score (nSPS) is 9.50. The molecule has 1 aliphatic carbocycles. The molecule has 132 valence electrons. The van der Waals surface area contributed by atoms with Crippen molar-refractivity contribution in [3.8, 4) is 11.1 Å². The summed E-state index contributed by atoms with van der Waals surface area (Å²) in [7, 11) is 4.17. The van der Waals surface area contributed by atoms with Crippen LogP contribution in [0.25, 0.3) is 32.7 Å². The molecule has 0 unspecified atom stereocenters. The molecule has 0 amide bonds. The first kappa shape index (κ1) is 23.6. The summed E-state index contributed by atoms with van der Waals surface area (Å²) in [5.41, 5.74) is 2.44. The first-order valence-electron chi connectivity index (χ1n) is 7.35. The van der Waals surface area contributed by atoms with Gasteiger partial charge in [-0.15, -0.1) is 80.7 Å². The van der Waals surface area contributed by atoms with Gasteiger partial charge in [0.25, 0.3) is 0 Å². The molecule has 5 rings (SSSR count). The average Bonchev–Trinajstić information content (AvgIpc) is 3.33. The van der Waals surface area contributed by atoms with Gasteiger partial charge in [0.2, 0.25) is 0 Å². The number of halogens is 3. The summed E-state index contributed by atoms with van der Waals surface area (Å²) in [4.78, 5) is 0. The summed E-state index contributed by atoms with van der Waals surface area (Å²) in [6.07, 6.45) is 0. The van der Waals surface area contributed by atoms with Crippen LogP contribution in [-0.4, -0.2) is 0 Å². The van der Waals surface area contributed by atoms with Crippen LogP contribution in [0.1, 0.15) is 0 Å². The van der Waals surface area contributed by atoms with Crippen LogP contribution in [0.5, 0.6) is 0 Å². The SMILES string of the molecule is Clc1s[cH-]c2cccc1-2.[Cl-].[Cl-].[S]=[Zr+2].c1ccc2c(c1)[cH-]c1ccccc12. The third-order valence-corrected chi connectivity index (χ3v) is 5.14. The Kier molecular flexibility index (Phi) is 10.4. The largest absolute Gasteiger partial charge is 0.126 e. The molecular formula is C20H13Cl3S2Zr-2. The molecule has 1 heterocycles. The number of fused-ring (bicyclic) bond motifs is 4. The minimum absolute atomic E-state index is 0. The molecule has 0 fully saturated rings. The van der Waals surface area contributed by atoms with E-state index in [1.165, 1.54) is 32.7 Å². The predicted octanol–water partition coefficient (Wildman–Crippen LogP) is 1.59. The van der Waals surface area contributed by atoms with Crippen molar-refractivity contribution in [2.24, 2.45) is 0 Å². The Morgan fingerprint density at radius 1 is 0.769 bits per heavy atom. The molecule has 0 nitrogen and oxygen atoms in total. The van der Waals surface area contributed by atoms with E-state index in [-0.39, 0.29) is 24.8 Å². The van der Waals surface area contributed by atoms with Crippen molar-refractivity contribution < 1.29 is 47.5 Å². The van der Waals surface area contributed by atoms with Crippen molar-refractivity contribution in [1.29, 1.82) is 0 Å². The third kappa shape index (κ3) is 5.10. The van der Waals surface area contributed by atoms with Gasteiger partial charge in [0.05, 0.1) is 0 Å². The maximum atomic E-state index is 5.83. The molecule has 26 heavy (non-hydrogen) atoms. The van der Waals surface area contributed by atoms with Crippen LogP contribution in [0.4, 0.5) is 0 Å². The maximum absolute atomic E-state index is 5.83. The van der Waals surface area contributed by atoms with E-state index in [9.17, 15) is 0 Å². The monoisotopic (exact) mass is 512 g/mol. The number of benzene rings is 2. The van der Waals surface area contributed by atoms with Crippen LogP contribution in [0.2, 0.25) is 4.34 Å². The van der Waals surface area contributed by atoms with E-state index in [1.807, 2.05) is 12.1 Å². The van der Waals surface area contributed by atoms with Crippen molar-refractivity contribution in [2.75, 3.05) is 0 Å².